The number of fused-ring (bicyclic) bond motifs is 1. The molecule has 2 rings (SSSR count). The summed E-state index contributed by atoms with van der Waals surface area (Å²) >= 11 is 3.42. The van der Waals surface area contributed by atoms with Crippen LogP contribution in [-0.2, 0) is 0 Å². The maximum absolute atomic E-state index is 9.16. The van der Waals surface area contributed by atoms with E-state index in [1.807, 2.05) is 31.2 Å². The fraction of sp³-hybridized carbons (Fsp3) is 0.400. The van der Waals surface area contributed by atoms with Gasteiger partial charge in [0.2, 0.25) is 0 Å². The summed E-state index contributed by atoms with van der Waals surface area (Å²) in [6, 6.07) is 7.94. The number of benzene rings is 1. The van der Waals surface area contributed by atoms with Crippen LogP contribution in [0, 0.1) is 0 Å². The number of rotatable bonds is 6. The monoisotopic (exact) mass is 323 g/mol. The third kappa shape index (κ3) is 4.48. The van der Waals surface area contributed by atoms with Gasteiger partial charge < -0.3 is 9.84 Å². The fourth-order valence-corrected chi connectivity index (χ4v) is 2.25. The van der Waals surface area contributed by atoms with Crippen LogP contribution >= 0.6 is 15.9 Å². The Bertz CT molecular complexity index is 543. The summed E-state index contributed by atoms with van der Waals surface area (Å²) in [5.74, 6) is 0.865. The first kappa shape index (κ1) is 14.3. The van der Waals surface area contributed by atoms with Crippen molar-refractivity contribution in [2.45, 2.75) is 32.3 Å². The third-order valence-corrected chi connectivity index (χ3v) is 3.34. The Morgan fingerprint density at radius 1 is 1.32 bits per heavy atom. The quantitative estimate of drug-likeness (QED) is 0.819. The van der Waals surface area contributed by atoms with Crippen LogP contribution in [-0.4, -0.2) is 22.8 Å². The van der Waals surface area contributed by atoms with Gasteiger partial charge in [0.05, 0.1) is 18.2 Å². The van der Waals surface area contributed by atoms with Gasteiger partial charge in [-0.05, 0) is 66.4 Å². The van der Waals surface area contributed by atoms with Crippen LogP contribution in [0.5, 0.6) is 5.75 Å². The second-order valence-corrected chi connectivity index (χ2v) is 5.62. The van der Waals surface area contributed by atoms with E-state index in [1.165, 1.54) is 0 Å². The van der Waals surface area contributed by atoms with Gasteiger partial charge >= 0.3 is 0 Å². The van der Waals surface area contributed by atoms with Crippen LogP contribution in [0.4, 0.5) is 0 Å². The highest BCUT2D eigenvalue weighted by Crippen LogP contribution is 2.22. The number of nitrogens with zero attached hydrogens (tertiary/aromatic N) is 1. The number of aromatic nitrogens is 1. The standard InChI is InChI=1S/C15H18BrNO2/c1-11(18)4-2-3-7-19-14-5-6-15-12(9-14)8-13(16)10-17-15/h5-6,8-11,18H,2-4,7H2,1H3. The van der Waals surface area contributed by atoms with Gasteiger partial charge in [-0.15, -0.1) is 0 Å². The van der Waals surface area contributed by atoms with Crippen molar-refractivity contribution < 1.29 is 9.84 Å². The smallest absolute Gasteiger partial charge is 0.120 e. The van der Waals surface area contributed by atoms with E-state index in [0.29, 0.717) is 6.61 Å². The molecule has 2 aromatic rings. The Kier molecular flexibility index (Phi) is 5.16. The lowest BCUT2D eigenvalue weighted by Gasteiger charge is -2.08. The predicted octanol–water partition coefficient (Wildman–Crippen LogP) is 3.93. The largest absolute Gasteiger partial charge is 0.494 e. The number of hydrogen-bond donors (Lipinski definition) is 1. The molecule has 1 atom stereocenters. The molecule has 1 heterocycles. The highest BCUT2D eigenvalue weighted by Gasteiger charge is 2.00. The average Bonchev–Trinajstić information content (AvgIpc) is 2.37. The minimum atomic E-state index is -0.218. The van der Waals surface area contributed by atoms with Crippen molar-refractivity contribution in [3.05, 3.63) is 34.9 Å². The van der Waals surface area contributed by atoms with E-state index in [1.54, 1.807) is 6.20 Å². The molecule has 102 valence electrons. The second-order valence-electron chi connectivity index (χ2n) is 4.70. The molecule has 3 nitrogen and oxygen atoms in total. The number of aliphatic hydroxyl groups is 1. The van der Waals surface area contributed by atoms with Crippen molar-refractivity contribution >= 4 is 26.8 Å². The summed E-state index contributed by atoms with van der Waals surface area (Å²) in [5, 5.41) is 10.2. The summed E-state index contributed by atoms with van der Waals surface area (Å²) in [7, 11) is 0. The van der Waals surface area contributed by atoms with Crippen molar-refractivity contribution in [2.24, 2.45) is 0 Å². The van der Waals surface area contributed by atoms with Gasteiger partial charge in [0.15, 0.2) is 0 Å². The van der Waals surface area contributed by atoms with E-state index in [-0.39, 0.29) is 6.10 Å². The topological polar surface area (TPSA) is 42.4 Å². The highest BCUT2D eigenvalue weighted by atomic mass is 79.9. The molecule has 0 aliphatic rings. The molecule has 0 radical (unpaired) electrons. The number of aliphatic hydroxyl groups excluding tert-OH is 1. The van der Waals surface area contributed by atoms with Crippen molar-refractivity contribution in [1.29, 1.82) is 0 Å². The maximum Gasteiger partial charge on any atom is 0.120 e. The molecule has 1 unspecified atom stereocenters. The van der Waals surface area contributed by atoms with Gasteiger partial charge in [0, 0.05) is 16.1 Å². The van der Waals surface area contributed by atoms with E-state index in [9.17, 15) is 0 Å². The first-order chi connectivity index (χ1) is 9.15. The number of hydrogen-bond acceptors (Lipinski definition) is 3. The number of halogens is 1. The molecule has 0 bridgehead atoms. The number of unbranched alkanes of at least 4 members (excludes halogenated alkanes) is 1. The molecule has 0 saturated carbocycles. The third-order valence-electron chi connectivity index (χ3n) is 2.90. The fourth-order valence-electron chi connectivity index (χ4n) is 1.90. The first-order valence-corrected chi connectivity index (χ1v) is 7.30. The minimum Gasteiger partial charge on any atom is -0.494 e. The second kappa shape index (κ2) is 6.87. The normalized spacial score (nSPS) is 12.6. The summed E-state index contributed by atoms with van der Waals surface area (Å²) in [5.41, 5.74) is 0.963. The summed E-state index contributed by atoms with van der Waals surface area (Å²) < 4.78 is 6.68. The van der Waals surface area contributed by atoms with Gasteiger partial charge in [-0.3, -0.25) is 4.98 Å². The lowest BCUT2D eigenvalue weighted by molar-refractivity contribution is 0.177. The molecular formula is C15H18BrNO2. The van der Waals surface area contributed by atoms with Crippen LogP contribution in [0.15, 0.2) is 34.9 Å². The van der Waals surface area contributed by atoms with Crippen LogP contribution in [0.25, 0.3) is 10.9 Å². The Hall–Kier alpha value is -1.13. The Morgan fingerprint density at radius 2 is 2.16 bits per heavy atom. The average molecular weight is 324 g/mol. The van der Waals surface area contributed by atoms with E-state index in [4.69, 9.17) is 9.84 Å². The molecule has 19 heavy (non-hydrogen) atoms. The number of pyridine rings is 1. The van der Waals surface area contributed by atoms with Crippen molar-refractivity contribution in [3.63, 3.8) is 0 Å². The highest BCUT2D eigenvalue weighted by molar-refractivity contribution is 9.10. The van der Waals surface area contributed by atoms with Crippen molar-refractivity contribution in [2.75, 3.05) is 6.61 Å². The van der Waals surface area contributed by atoms with E-state index >= 15 is 0 Å². The lowest BCUT2D eigenvalue weighted by Crippen LogP contribution is -2.02. The molecule has 0 saturated heterocycles. The van der Waals surface area contributed by atoms with Crippen LogP contribution in [0.1, 0.15) is 26.2 Å². The Morgan fingerprint density at radius 3 is 2.95 bits per heavy atom. The zero-order chi connectivity index (χ0) is 13.7. The molecular weight excluding hydrogens is 306 g/mol. The first-order valence-electron chi connectivity index (χ1n) is 6.51. The van der Waals surface area contributed by atoms with Crippen molar-refractivity contribution in [3.8, 4) is 5.75 Å². The maximum atomic E-state index is 9.16. The van der Waals surface area contributed by atoms with Crippen molar-refractivity contribution in [1.82, 2.24) is 4.98 Å². The minimum absolute atomic E-state index is 0.218. The molecule has 1 aromatic heterocycles. The molecule has 0 aliphatic carbocycles. The molecule has 1 N–H and O–H groups in total. The van der Waals surface area contributed by atoms with E-state index in [0.717, 1.165) is 40.4 Å². The van der Waals surface area contributed by atoms with E-state index < -0.39 is 0 Å². The van der Waals surface area contributed by atoms with Gasteiger partial charge in [0.25, 0.3) is 0 Å². The van der Waals surface area contributed by atoms with Gasteiger partial charge in [0.1, 0.15) is 5.75 Å². The SMILES string of the molecule is CC(O)CCCCOc1ccc2ncc(Br)cc2c1. The van der Waals surface area contributed by atoms with Crippen LogP contribution in [0.3, 0.4) is 0 Å². The predicted molar refractivity (Wildman–Crippen MR) is 80.5 cm³/mol. The van der Waals surface area contributed by atoms with Crippen LogP contribution < -0.4 is 4.74 Å². The van der Waals surface area contributed by atoms with Gasteiger partial charge in [-0.2, -0.15) is 0 Å². The van der Waals surface area contributed by atoms with Gasteiger partial charge in [-0.25, -0.2) is 0 Å². The summed E-state index contributed by atoms with van der Waals surface area (Å²) in [6.07, 6.45) is 4.35. The van der Waals surface area contributed by atoms with E-state index in [2.05, 4.69) is 20.9 Å². The Labute approximate surface area is 121 Å². The zero-order valence-corrected chi connectivity index (χ0v) is 12.6. The Balaban J connectivity index is 1.90. The molecule has 0 spiro atoms. The number of ether oxygens (including phenoxy) is 1. The molecule has 0 amide bonds. The molecule has 0 fully saturated rings. The summed E-state index contributed by atoms with van der Waals surface area (Å²) in [4.78, 5) is 4.32. The lowest BCUT2D eigenvalue weighted by atomic mass is 10.2. The molecule has 0 aliphatic heterocycles. The van der Waals surface area contributed by atoms with Gasteiger partial charge in [-0.1, -0.05) is 0 Å². The molecule has 1 aromatic carbocycles. The molecule has 4 heteroatoms. The van der Waals surface area contributed by atoms with Crippen LogP contribution in [0.2, 0.25) is 0 Å². The zero-order valence-electron chi connectivity index (χ0n) is 11.0. The summed E-state index contributed by atoms with van der Waals surface area (Å²) in [6.45, 7) is 2.49.